The zero-order valence-electron chi connectivity index (χ0n) is 14.6. The average molecular weight is 351 g/mol. The molecule has 5 nitrogen and oxygen atoms in total. The first-order valence-corrected chi connectivity index (χ1v) is 9.27. The Bertz CT molecular complexity index is 851. The van der Waals surface area contributed by atoms with Gasteiger partial charge in [0.05, 0.1) is 0 Å². The molecule has 4 rings (SSSR count). The lowest BCUT2D eigenvalue weighted by atomic mass is 9.71. The third-order valence-electron chi connectivity index (χ3n) is 5.67. The largest absolute Gasteiger partial charge is 0.343 e. The van der Waals surface area contributed by atoms with E-state index < -0.39 is 0 Å². The number of fused-ring (bicyclic) bond motifs is 1. The van der Waals surface area contributed by atoms with Gasteiger partial charge in [-0.25, -0.2) is 0 Å². The van der Waals surface area contributed by atoms with Gasteiger partial charge in [-0.1, -0.05) is 24.3 Å². The molecule has 2 aliphatic carbocycles. The van der Waals surface area contributed by atoms with Crippen LogP contribution in [-0.4, -0.2) is 41.2 Å². The van der Waals surface area contributed by atoms with Crippen molar-refractivity contribution in [3.05, 3.63) is 46.5 Å². The Labute approximate surface area is 152 Å². The van der Waals surface area contributed by atoms with Crippen molar-refractivity contribution in [2.24, 2.45) is 5.92 Å². The van der Waals surface area contributed by atoms with Gasteiger partial charge in [-0.05, 0) is 25.2 Å². The Morgan fingerprint density at radius 1 is 1.00 bits per heavy atom. The number of nitrogens with zero attached hydrogens (tertiary/aromatic N) is 1. The zero-order valence-corrected chi connectivity index (χ0v) is 14.6. The highest BCUT2D eigenvalue weighted by molar-refractivity contribution is 6.28. The molecule has 3 aliphatic rings. The van der Waals surface area contributed by atoms with Gasteiger partial charge < -0.3 is 4.90 Å². The van der Waals surface area contributed by atoms with E-state index in [0.29, 0.717) is 48.1 Å². The second kappa shape index (κ2) is 6.63. The van der Waals surface area contributed by atoms with Crippen molar-refractivity contribution in [2.45, 2.75) is 38.5 Å². The van der Waals surface area contributed by atoms with Crippen LogP contribution in [0.1, 0.15) is 59.2 Å². The Morgan fingerprint density at radius 3 is 2.42 bits per heavy atom. The summed E-state index contributed by atoms with van der Waals surface area (Å²) in [6.45, 7) is 1.45. The molecule has 26 heavy (non-hydrogen) atoms. The maximum atomic E-state index is 13.0. The molecule has 0 bridgehead atoms. The van der Waals surface area contributed by atoms with Crippen LogP contribution in [0, 0.1) is 5.92 Å². The molecule has 1 amide bonds. The third kappa shape index (κ3) is 2.81. The van der Waals surface area contributed by atoms with Crippen molar-refractivity contribution < 1.29 is 19.2 Å². The number of allylic oxidation sites excluding steroid dienone is 2. The Hall–Kier alpha value is -2.56. The number of likely N-dealkylation sites (tertiary alicyclic amines) is 1. The second-order valence-electron chi connectivity index (χ2n) is 7.34. The molecule has 1 unspecified atom stereocenters. The summed E-state index contributed by atoms with van der Waals surface area (Å²) >= 11 is 0. The normalized spacial score (nSPS) is 22.8. The van der Waals surface area contributed by atoms with E-state index in [2.05, 4.69) is 0 Å². The predicted molar refractivity (Wildman–Crippen MR) is 94.9 cm³/mol. The lowest BCUT2D eigenvalue weighted by Gasteiger charge is -2.30. The van der Waals surface area contributed by atoms with Crippen molar-refractivity contribution >= 4 is 23.3 Å². The van der Waals surface area contributed by atoms with Gasteiger partial charge in [-0.3, -0.25) is 19.2 Å². The lowest BCUT2D eigenvalue weighted by molar-refractivity contribution is -0.127. The highest BCUT2D eigenvalue weighted by Gasteiger charge is 2.39. The van der Waals surface area contributed by atoms with E-state index in [0.717, 1.165) is 19.4 Å². The highest BCUT2D eigenvalue weighted by Crippen LogP contribution is 2.39. The van der Waals surface area contributed by atoms with E-state index in [1.807, 2.05) is 4.90 Å². The van der Waals surface area contributed by atoms with E-state index in [4.69, 9.17) is 0 Å². The molecule has 1 heterocycles. The van der Waals surface area contributed by atoms with Gasteiger partial charge in [-0.15, -0.1) is 0 Å². The molecule has 0 saturated carbocycles. The van der Waals surface area contributed by atoms with Gasteiger partial charge in [-0.2, -0.15) is 0 Å². The minimum absolute atomic E-state index is 0.0199. The summed E-state index contributed by atoms with van der Waals surface area (Å²) in [5.74, 6) is -0.296. The molecule has 1 atom stereocenters. The molecule has 5 heteroatoms. The van der Waals surface area contributed by atoms with Crippen LogP contribution < -0.4 is 0 Å². The summed E-state index contributed by atoms with van der Waals surface area (Å²) in [5.41, 5.74) is 1.80. The second-order valence-corrected chi connectivity index (χ2v) is 7.34. The first-order valence-electron chi connectivity index (χ1n) is 9.27. The molecule has 0 aromatic heterocycles. The zero-order chi connectivity index (χ0) is 18.3. The number of amides is 1. The van der Waals surface area contributed by atoms with Crippen molar-refractivity contribution in [3.8, 4) is 0 Å². The maximum Gasteiger partial charge on any atom is 0.222 e. The molecule has 1 fully saturated rings. The number of ketones is 3. The summed E-state index contributed by atoms with van der Waals surface area (Å²) in [4.78, 5) is 51.6. The van der Waals surface area contributed by atoms with Gasteiger partial charge in [0.1, 0.15) is 5.78 Å². The van der Waals surface area contributed by atoms with E-state index in [9.17, 15) is 19.2 Å². The fourth-order valence-electron chi connectivity index (χ4n) is 4.42. The van der Waals surface area contributed by atoms with Gasteiger partial charge in [0.25, 0.3) is 0 Å². The van der Waals surface area contributed by atoms with Gasteiger partial charge in [0.15, 0.2) is 11.6 Å². The number of Topliss-reactive ketones (excluding diaryl/α,β-unsaturated/α-hetero) is 3. The Balaban J connectivity index is 1.57. The van der Waals surface area contributed by atoms with Crippen LogP contribution in [0.4, 0.5) is 0 Å². The molecule has 1 aliphatic heterocycles. The van der Waals surface area contributed by atoms with Crippen molar-refractivity contribution in [1.29, 1.82) is 0 Å². The van der Waals surface area contributed by atoms with Gasteiger partial charge in [0, 0.05) is 54.6 Å². The Kier molecular flexibility index (Phi) is 4.31. The van der Waals surface area contributed by atoms with Crippen LogP contribution in [-0.2, 0) is 9.59 Å². The number of hydrogen-bond acceptors (Lipinski definition) is 4. The lowest BCUT2D eigenvalue weighted by Crippen LogP contribution is -2.33. The van der Waals surface area contributed by atoms with Gasteiger partial charge >= 0.3 is 0 Å². The summed E-state index contributed by atoms with van der Waals surface area (Å²) in [6.07, 6.45) is 3.28. The molecule has 134 valence electrons. The van der Waals surface area contributed by atoms with E-state index >= 15 is 0 Å². The number of benzene rings is 1. The Morgan fingerprint density at radius 2 is 1.73 bits per heavy atom. The van der Waals surface area contributed by atoms with Crippen molar-refractivity contribution in [2.75, 3.05) is 13.1 Å². The first kappa shape index (κ1) is 16.9. The fraction of sp³-hybridized carbons (Fsp3) is 0.429. The van der Waals surface area contributed by atoms with Crippen LogP contribution >= 0.6 is 0 Å². The number of carbonyl (C=O) groups excluding carboxylic acids is 4. The van der Waals surface area contributed by atoms with Crippen LogP contribution in [0.3, 0.4) is 0 Å². The molecule has 0 radical (unpaired) electrons. The summed E-state index contributed by atoms with van der Waals surface area (Å²) in [5, 5.41) is 0. The predicted octanol–water partition coefficient (Wildman–Crippen LogP) is 2.74. The van der Waals surface area contributed by atoms with E-state index in [1.54, 1.807) is 24.3 Å². The summed E-state index contributed by atoms with van der Waals surface area (Å²) < 4.78 is 0. The molecule has 1 aromatic carbocycles. The standard InChI is InChI=1S/C21H21NO4/c23-14-11-13(5-3-9-22-10-4-8-18(22)24)19-17(12-14)20(25)15-6-1-2-7-16(15)21(19)26/h1-2,6-7,13H,3-5,8-12H2. The number of rotatable bonds is 4. The summed E-state index contributed by atoms with van der Waals surface area (Å²) in [6, 6.07) is 6.85. The van der Waals surface area contributed by atoms with Crippen molar-refractivity contribution in [1.82, 2.24) is 4.90 Å². The van der Waals surface area contributed by atoms with E-state index in [-0.39, 0.29) is 35.6 Å². The summed E-state index contributed by atoms with van der Waals surface area (Å²) in [7, 11) is 0. The van der Waals surface area contributed by atoms with Crippen LogP contribution in [0.25, 0.3) is 0 Å². The molecular weight excluding hydrogens is 330 g/mol. The SMILES string of the molecule is O=C1CC2=C(C(=O)c3ccccc3C2=O)C(CCCN2CCCC2=O)C1. The molecular formula is C21H21NO4. The minimum atomic E-state index is -0.214. The average Bonchev–Trinajstić information content (AvgIpc) is 3.04. The quantitative estimate of drug-likeness (QED) is 0.836. The smallest absolute Gasteiger partial charge is 0.222 e. The van der Waals surface area contributed by atoms with E-state index in [1.165, 1.54) is 0 Å². The molecule has 0 spiro atoms. The molecule has 1 aromatic rings. The maximum absolute atomic E-state index is 13.0. The molecule has 1 saturated heterocycles. The molecule has 0 N–H and O–H groups in total. The third-order valence-corrected chi connectivity index (χ3v) is 5.67. The first-order chi connectivity index (χ1) is 12.6. The topological polar surface area (TPSA) is 71.5 Å². The van der Waals surface area contributed by atoms with Gasteiger partial charge in [0.2, 0.25) is 5.91 Å². The number of carbonyl (C=O) groups is 4. The monoisotopic (exact) mass is 351 g/mol. The van der Waals surface area contributed by atoms with Crippen LogP contribution in [0.15, 0.2) is 35.4 Å². The van der Waals surface area contributed by atoms with Crippen molar-refractivity contribution in [3.63, 3.8) is 0 Å². The minimum Gasteiger partial charge on any atom is -0.343 e. The number of hydrogen-bond donors (Lipinski definition) is 0. The van der Waals surface area contributed by atoms with Crippen LogP contribution in [0.2, 0.25) is 0 Å². The highest BCUT2D eigenvalue weighted by atomic mass is 16.2. The fourth-order valence-corrected chi connectivity index (χ4v) is 4.42. The van der Waals surface area contributed by atoms with Crippen LogP contribution in [0.5, 0.6) is 0 Å².